The molecule has 0 radical (unpaired) electrons. The van der Waals surface area contributed by atoms with Crippen LogP contribution in [-0.4, -0.2) is 106 Å². The van der Waals surface area contributed by atoms with Gasteiger partial charge in [-0.25, -0.2) is 9.97 Å². The second-order valence-corrected chi connectivity index (χ2v) is 20.6. The number of piperidine rings is 2. The van der Waals surface area contributed by atoms with Gasteiger partial charge in [0.25, 0.3) is 11.8 Å². The number of hydrogen-bond acceptors (Lipinski definition) is 11. The molecule has 4 fully saturated rings. The van der Waals surface area contributed by atoms with Crippen LogP contribution >= 0.6 is 23.5 Å². The first-order chi connectivity index (χ1) is 30.1. The number of nitrogens with zero attached hydrogens (tertiary/aromatic N) is 6. The van der Waals surface area contributed by atoms with Crippen LogP contribution in [0.4, 0.5) is 11.6 Å². The summed E-state index contributed by atoms with van der Waals surface area (Å²) < 4.78 is 5.49. The predicted octanol–water partition coefficient (Wildman–Crippen LogP) is 10.4. The van der Waals surface area contributed by atoms with Crippen LogP contribution in [0.3, 0.4) is 0 Å². The van der Waals surface area contributed by atoms with E-state index in [1.165, 1.54) is 38.5 Å². The van der Waals surface area contributed by atoms with Crippen LogP contribution in [0.5, 0.6) is 0 Å². The molecule has 62 heavy (non-hydrogen) atoms. The van der Waals surface area contributed by atoms with E-state index in [9.17, 15) is 19.2 Å². The van der Waals surface area contributed by atoms with Crippen LogP contribution in [0.15, 0.2) is 34.3 Å². The third kappa shape index (κ3) is 12.9. The van der Waals surface area contributed by atoms with Crippen LogP contribution in [0.2, 0.25) is 0 Å². The Bertz CT molecular complexity index is 1800. The van der Waals surface area contributed by atoms with E-state index >= 15 is 0 Å². The van der Waals surface area contributed by atoms with Crippen molar-refractivity contribution in [3.63, 3.8) is 0 Å². The van der Waals surface area contributed by atoms with Gasteiger partial charge in [0, 0.05) is 50.8 Å². The highest BCUT2D eigenvalue weighted by Crippen LogP contribution is 2.34. The number of pyridine rings is 2. The molecule has 2 aromatic heterocycles. The van der Waals surface area contributed by atoms with Gasteiger partial charge in [0.2, 0.25) is 0 Å². The second-order valence-electron chi connectivity index (χ2n) is 18.4. The summed E-state index contributed by atoms with van der Waals surface area (Å²) in [6.07, 6.45) is 17.4. The van der Waals surface area contributed by atoms with Gasteiger partial charge in [-0.05, 0) is 133 Å². The van der Waals surface area contributed by atoms with E-state index in [-0.39, 0.29) is 48.6 Å². The zero-order valence-electron chi connectivity index (χ0n) is 38.4. The fraction of sp³-hybridized carbons (Fsp3) is 0.714. The largest absolute Gasteiger partial charge is 0.393 e. The molecule has 2 aliphatic heterocycles. The van der Waals surface area contributed by atoms with Crippen LogP contribution in [0, 0.1) is 11.8 Å². The molecule has 0 spiro atoms. The highest BCUT2D eigenvalue weighted by atomic mass is 32.2. The minimum atomic E-state index is -0.465. The fourth-order valence-corrected chi connectivity index (χ4v) is 11.9. The molecule has 0 bridgehead atoms. The zero-order valence-corrected chi connectivity index (χ0v) is 40.0. The molecule has 2 saturated heterocycles. The number of amides is 2. The van der Waals surface area contributed by atoms with Gasteiger partial charge in [0.05, 0.1) is 24.0 Å². The maximum atomic E-state index is 14.1. The Morgan fingerprint density at radius 2 is 1.11 bits per heavy atom. The minimum Gasteiger partial charge on any atom is -0.393 e. The van der Waals surface area contributed by atoms with Gasteiger partial charge >= 0.3 is 11.9 Å². The Kier molecular flexibility index (Phi) is 18.7. The summed E-state index contributed by atoms with van der Waals surface area (Å²) in [5.41, 5.74) is 1.38. The van der Waals surface area contributed by atoms with E-state index in [1.54, 1.807) is 23.5 Å². The number of hydrogen-bond donors (Lipinski definition) is 0. The van der Waals surface area contributed by atoms with Gasteiger partial charge in [-0.15, -0.1) is 23.5 Å². The summed E-state index contributed by atoms with van der Waals surface area (Å²) in [6, 6.07) is 8.58. The van der Waals surface area contributed by atoms with Crippen molar-refractivity contribution in [1.82, 2.24) is 19.8 Å². The normalized spacial score (nSPS) is 20.3. The Labute approximate surface area is 380 Å². The molecule has 2 aliphatic carbocycles. The van der Waals surface area contributed by atoms with Crippen molar-refractivity contribution in [1.29, 1.82) is 0 Å². The SMILES string of the molecule is CCCSc1nc(N2CCC[C@@H](CC(=O)OC(=O)C[C@@H]3CCCN(c4ccc(C(=O)N(C(C)C)C5CCCCC5)c(SCCC)n4)C3)C2)ccc1C(=O)N(CC)C1CCCCC1. The topological polar surface area (TPSA) is 116 Å². The van der Waals surface area contributed by atoms with E-state index in [0.29, 0.717) is 36.8 Å². The lowest BCUT2D eigenvalue weighted by atomic mass is 9.93. The maximum Gasteiger partial charge on any atom is 0.313 e. The Hall–Kier alpha value is -3.32. The average molecular weight is 891 g/mol. The van der Waals surface area contributed by atoms with Crippen molar-refractivity contribution in [2.45, 2.75) is 178 Å². The molecule has 0 N–H and O–H groups in total. The summed E-state index contributed by atoms with van der Waals surface area (Å²) in [5, 5.41) is 1.58. The van der Waals surface area contributed by atoms with Gasteiger partial charge in [0.1, 0.15) is 21.7 Å². The maximum absolute atomic E-state index is 14.1. The molecule has 0 aromatic carbocycles. The number of anilines is 2. The lowest BCUT2D eigenvalue weighted by molar-refractivity contribution is -0.161. The lowest BCUT2D eigenvalue weighted by Gasteiger charge is -2.38. The number of carbonyl (C=O) groups excluding carboxylic acids is 4. The average Bonchev–Trinajstić information content (AvgIpc) is 3.28. The summed E-state index contributed by atoms with van der Waals surface area (Å²) in [7, 11) is 0. The number of ether oxygens (including phenoxy) is 1. The van der Waals surface area contributed by atoms with Gasteiger partial charge in [0.15, 0.2) is 0 Å². The van der Waals surface area contributed by atoms with Crippen molar-refractivity contribution in [2.75, 3.05) is 54.0 Å². The van der Waals surface area contributed by atoms with Gasteiger partial charge in [-0.2, -0.15) is 0 Å². The van der Waals surface area contributed by atoms with Crippen molar-refractivity contribution in [3.8, 4) is 0 Å². The van der Waals surface area contributed by atoms with Gasteiger partial charge in [-0.1, -0.05) is 52.4 Å². The number of esters is 2. The van der Waals surface area contributed by atoms with Crippen molar-refractivity contribution in [3.05, 3.63) is 35.4 Å². The molecular weight excluding hydrogens is 817 g/mol. The number of rotatable bonds is 18. The first-order valence-electron chi connectivity index (χ1n) is 24.2. The molecule has 13 heteroatoms. The monoisotopic (exact) mass is 891 g/mol. The predicted molar refractivity (Wildman–Crippen MR) is 252 cm³/mol. The molecule has 2 saturated carbocycles. The van der Waals surface area contributed by atoms with Gasteiger partial charge < -0.3 is 24.3 Å². The Morgan fingerprint density at radius 3 is 1.56 bits per heavy atom. The first-order valence-corrected chi connectivity index (χ1v) is 26.2. The standard InChI is InChI=1S/C49H74N6O5S2/c1-6-29-61-46-40(48(58)54(8-3)38-19-11-9-12-20-38)23-25-42(50-46)52-27-15-17-36(33-52)31-44(56)60-45(57)32-37-18-16-28-53(34-37)43-26-24-41(47(51-43)62-30-7-2)49(59)55(35(4)5)39-21-13-10-14-22-39/h23-26,35-39H,6-22,27-34H2,1-5H3/t36-,37-/m0/s1. The molecule has 4 aliphatic rings. The Balaban J connectivity index is 1.03. The first kappa shape index (κ1) is 48.1. The van der Waals surface area contributed by atoms with E-state index < -0.39 is 11.9 Å². The lowest BCUT2D eigenvalue weighted by Crippen LogP contribution is -2.46. The molecule has 2 atom stereocenters. The van der Waals surface area contributed by atoms with Crippen molar-refractivity contribution < 1.29 is 23.9 Å². The molecule has 342 valence electrons. The molecule has 2 amide bonds. The molecule has 4 heterocycles. The highest BCUT2D eigenvalue weighted by Gasteiger charge is 2.33. The number of carbonyl (C=O) groups is 4. The third-order valence-electron chi connectivity index (χ3n) is 13.2. The van der Waals surface area contributed by atoms with Gasteiger partial charge in [-0.3, -0.25) is 19.2 Å². The molecule has 2 aromatic rings. The van der Waals surface area contributed by atoms with E-state index in [1.807, 2.05) is 24.3 Å². The fourth-order valence-electron chi connectivity index (χ4n) is 10.2. The van der Waals surface area contributed by atoms with Crippen LogP contribution in [0.1, 0.15) is 171 Å². The Morgan fingerprint density at radius 1 is 0.645 bits per heavy atom. The van der Waals surface area contributed by atoms with Crippen molar-refractivity contribution >= 4 is 58.9 Å². The van der Waals surface area contributed by atoms with Crippen LogP contribution in [0.25, 0.3) is 0 Å². The molecular formula is C49H74N6O5S2. The van der Waals surface area contributed by atoms with E-state index in [0.717, 1.165) is 110 Å². The van der Waals surface area contributed by atoms with Crippen molar-refractivity contribution in [2.24, 2.45) is 11.8 Å². The molecule has 0 unspecified atom stereocenters. The minimum absolute atomic E-state index is 0.0413. The zero-order chi connectivity index (χ0) is 44.0. The molecule has 6 rings (SSSR count). The summed E-state index contributed by atoms with van der Waals surface area (Å²) in [6.45, 7) is 14.2. The number of thioether (sulfide) groups is 2. The smallest absolute Gasteiger partial charge is 0.313 e. The summed E-state index contributed by atoms with van der Waals surface area (Å²) in [5.74, 6) is 2.75. The van der Waals surface area contributed by atoms with E-state index in [4.69, 9.17) is 14.7 Å². The summed E-state index contributed by atoms with van der Waals surface area (Å²) >= 11 is 3.30. The van der Waals surface area contributed by atoms with Crippen LogP contribution in [-0.2, 0) is 14.3 Å². The number of aromatic nitrogens is 2. The van der Waals surface area contributed by atoms with E-state index in [2.05, 4.69) is 54.2 Å². The quantitative estimate of drug-likeness (QED) is 0.0809. The second kappa shape index (κ2) is 24.1. The molecule has 11 nitrogen and oxygen atoms in total. The van der Waals surface area contributed by atoms with Crippen LogP contribution < -0.4 is 9.80 Å². The highest BCUT2D eigenvalue weighted by molar-refractivity contribution is 7.99. The summed E-state index contributed by atoms with van der Waals surface area (Å²) in [4.78, 5) is 73.3. The third-order valence-corrected chi connectivity index (χ3v) is 15.6.